The molecule has 3 atom stereocenters. The van der Waals surface area contributed by atoms with Gasteiger partial charge in [-0.05, 0) is 38.5 Å². The summed E-state index contributed by atoms with van der Waals surface area (Å²) in [5.41, 5.74) is 0. The molecule has 0 aromatic carbocycles. The van der Waals surface area contributed by atoms with Crippen LogP contribution in [0.2, 0.25) is 0 Å². The Kier molecular flexibility index (Phi) is 4.32. The number of amides is 2. The molecular weight excluding hydrogens is 244 g/mol. The van der Waals surface area contributed by atoms with Crippen LogP contribution < -0.4 is 0 Å². The molecule has 5 heteroatoms. The summed E-state index contributed by atoms with van der Waals surface area (Å²) in [6, 6.07) is 0.288. The van der Waals surface area contributed by atoms with Gasteiger partial charge < -0.3 is 14.9 Å². The van der Waals surface area contributed by atoms with Gasteiger partial charge in [0, 0.05) is 25.7 Å². The van der Waals surface area contributed by atoms with Gasteiger partial charge in [0.25, 0.3) is 0 Å². The fourth-order valence-corrected chi connectivity index (χ4v) is 3.14. The number of nitrogens with zero attached hydrogens (tertiary/aromatic N) is 2. The maximum absolute atomic E-state index is 12.5. The normalized spacial score (nSPS) is 32.2. The van der Waals surface area contributed by atoms with Crippen LogP contribution in [0.4, 0.5) is 4.79 Å². The smallest absolute Gasteiger partial charge is 0.320 e. The first-order valence-electron chi connectivity index (χ1n) is 7.29. The van der Waals surface area contributed by atoms with Gasteiger partial charge in [0.1, 0.15) is 0 Å². The van der Waals surface area contributed by atoms with E-state index in [-0.39, 0.29) is 12.1 Å². The molecule has 2 amide bonds. The number of likely N-dealkylation sites (tertiary alicyclic amines) is 2. The van der Waals surface area contributed by atoms with Gasteiger partial charge >= 0.3 is 12.0 Å². The molecule has 19 heavy (non-hydrogen) atoms. The molecule has 0 bridgehead atoms. The van der Waals surface area contributed by atoms with Crippen LogP contribution in [0.15, 0.2) is 0 Å². The Morgan fingerprint density at radius 3 is 2.47 bits per heavy atom. The Bertz CT molecular complexity index is 359. The van der Waals surface area contributed by atoms with Gasteiger partial charge in [-0.15, -0.1) is 0 Å². The van der Waals surface area contributed by atoms with E-state index in [0.29, 0.717) is 25.4 Å². The molecule has 0 aromatic heterocycles. The van der Waals surface area contributed by atoms with Crippen LogP contribution in [0.1, 0.15) is 39.5 Å². The summed E-state index contributed by atoms with van der Waals surface area (Å²) in [6.07, 6.45) is 3.70. The number of carboxylic acid groups (broad SMARTS) is 1. The number of carbonyl (C=O) groups excluding carboxylic acids is 1. The standard InChI is InChI=1S/C14H24N2O3/c1-10-5-3-8-16(11(10)2)14(19)15-7-4-6-12(9-15)13(17)18/h10-12H,3-9H2,1-2H3,(H,17,18). The molecule has 2 aliphatic heterocycles. The molecule has 0 aromatic rings. The SMILES string of the molecule is CC1CCCN(C(=O)N2CCCC(C(=O)O)C2)C1C. The highest BCUT2D eigenvalue weighted by Gasteiger charge is 2.34. The number of carbonyl (C=O) groups is 2. The Labute approximate surface area is 114 Å². The minimum atomic E-state index is -0.780. The topological polar surface area (TPSA) is 60.9 Å². The number of hydrogen-bond acceptors (Lipinski definition) is 2. The first kappa shape index (κ1) is 14.2. The quantitative estimate of drug-likeness (QED) is 0.791. The Morgan fingerprint density at radius 2 is 1.79 bits per heavy atom. The lowest BCUT2D eigenvalue weighted by atomic mass is 9.92. The Hall–Kier alpha value is -1.26. The highest BCUT2D eigenvalue weighted by atomic mass is 16.4. The third-order valence-electron chi connectivity index (χ3n) is 4.66. The lowest BCUT2D eigenvalue weighted by Gasteiger charge is -2.42. The molecule has 2 heterocycles. The first-order chi connectivity index (χ1) is 9.00. The van der Waals surface area contributed by atoms with Crippen molar-refractivity contribution in [2.45, 2.75) is 45.6 Å². The van der Waals surface area contributed by atoms with Gasteiger partial charge in [0.05, 0.1) is 5.92 Å². The lowest BCUT2D eigenvalue weighted by molar-refractivity contribution is -0.143. The van der Waals surface area contributed by atoms with Crippen LogP contribution in [0.3, 0.4) is 0 Å². The molecule has 5 nitrogen and oxygen atoms in total. The van der Waals surface area contributed by atoms with E-state index < -0.39 is 11.9 Å². The van der Waals surface area contributed by atoms with Crippen LogP contribution in [0.5, 0.6) is 0 Å². The third kappa shape index (κ3) is 3.01. The maximum atomic E-state index is 12.5. The molecule has 2 fully saturated rings. The van der Waals surface area contributed by atoms with Crippen LogP contribution in [-0.4, -0.2) is 52.6 Å². The van der Waals surface area contributed by atoms with Crippen molar-refractivity contribution in [1.29, 1.82) is 0 Å². The van der Waals surface area contributed by atoms with Crippen molar-refractivity contribution in [2.24, 2.45) is 11.8 Å². The molecular formula is C14H24N2O3. The average Bonchev–Trinajstić information content (AvgIpc) is 2.41. The number of hydrogen-bond donors (Lipinski definition) is 1. The number of aliphatic carboxylic acids is 1. The monoisotopic (exact) mass is 268 g/mol. The molecule has 0 radical (unpaired) electrons. The molecule has 0 spiro atoms. The van der Waals surface area contributed by atoms with Crippen molar-refractivity contribution >= 4 is 12.0 Å². The van der Waals surface area contributed by atoms with Gasteiger partial charge in [0.15, 0.2) is 0 Å². The summed E-state index contributed by atoms with van der Waals surface area (Å²) < 4.78 is 0. The summed E-state index contributed by atoms with van der Waals surface area (Å²) in [7, 11) is 0. The second-order valence-electron chi connectivity index (χ2n) is 5.96. The fourth-order valence-electron chi connectivity index (χ4n) is 3.14. The second kappa shape index (κ2) is 5.80. The van der Waals surface area contributed by atoms with Crippen molar-refractivity contribution in [3.63, 3.8) is 0 Å². The zero-order chi connectivity index (χ0) is 14.0. The van der Waals surface area contributed by atoms with E-state index in [0.717, 1.165) is 19.4 Å². The third-order valence-corrected chi connectivity index (χ3v) is 4.66. The molecule has 2 rings (SSSR count). The maximum Gasteiger partial charge on any atom is 0.320 e. The van der Waals surface area contributed by atoms with Crippen LogP contribution in [0, 0.1) is 11.8 Å². The van der Waals surface area contributed by atoms with Gasteiger partial charge in [-0.2, -0.15) is 0 Å². The number of rotatable bonds is 1. The molecule has 3 unspecified atom stereocenters. The van der Waals surface area contributed by atoms with Crippen molar-refractivity contribution in [3.8, 4) is 0 Å². The molecule has 0 aliphatic carbocycles. The van der Waals surface area contributed by atoms with E-state index in [4.69, 9.17) is 5.11 Å². The van der Waals surface area contributed by atoms with Crippen LogP contribution in [0.25, 0.3) is 0 Å². The van der Waals surface area contributed by atoms with E-state index in [1.54, 1.807) is 4.90 Å². The van der Waals surface area contributed by atoms with Crippen molar-refractivity contribution in [2.75, 3.05) is 19.6 Å². The summed E-state index contributed by atoms with van der Waals surface area (Å²) in [6.45, 7) is 6.14. The van der Waals surface area contributed by atoms with E-state index in [9.17, 15) is 9.59 Å². The first-order valence-corrected chi connectivity index (χ1v) is 7.29. The minimum absolute atomic E-state index is 0.0324. The van der Waals surface area contributed by atoms with E-state index in [1.165, 1.54) is 6.42 Å². The predicted octanol–water partition coefficient (Wildman–Crippen LogP) is 2.02. The number of urea groups is 1. The number of piperidine rings is 2. The van der Waals surface area contributed by atoms with Crippen molar-refractivity contribution < 1.29 is 14.7 Å². The zero-order valence-electron chi connectivity index (χ0n) is 11.8. The summed E-state index contributed by atoms with van der Waals surface area (Å²) in [4.78, 5) is 27.3. The number of carboxylic acids is 1. The minimum Gasteiger partial charge on any atom is -0.481 e. The van der Waals surface area contributed by atoms with E-state index in [1.807, 2.05) is 4.90 Å². The molecule has 1 N–H and O–H groups in total. The highest BCUT2D eigenvalue weighted by Crippen LogP contribution is 2.25. The zero-order valence-corrected chi connectivity index (χ0v) is 11.8. The highest BCUT2D eigenvalue weighted by molar-refractivity contribution is 5.77. The van der Waals surface area contributed by atoms with Gasteiger partial charge in [-0.3, -0.25) is 4.79 Å². The molecule has 2 aliphatic rings. The lowest BCUT2D eigenvalue weighted by Crippen LogP contribution is -2.54. The Balaban J connectivity index is 2.00. The summed E-state index contributed by atoms with van der Waals surface area (Å²) in [5.74, 6) is -0.648. The van der Waals surface area contributed by atoms with E-state index in [2.05, 4.69) is 13.8 Å². The van der Waals surface area contributed by atoms with Crippen molar-refractivity contribution in [3.05, 3.63) is 0 Å². The fraction of sp³-hybridized carbons (Fsp3) is 0.857. The summed E-state index contributed by atoms with van der Waals surface area (Å²) >= 11 is 0. The summed E-state index contributed by atoms with van der Waals surface area (Å²) in [5, 5.41) is 9.09. The second-order valence-corrected chi connectivity index (χ2v) is 5.96. The van der Waals surface area contributed by atoms with Crippen molar-refractivity contribution in [1.82, 2.24) is 9.80 Å². The van der Waals surface area contributed by atoms with Gasteiger partial charge in [-0.25, -0.2) is 4.79 Å². The van der Waals surface area contributed by atoms with Crippen LogP contribution in [-0.2, 0) is 4.79 Å². The Morgan fingerprint density at radius 1 is 1.11 bits per heavy atom. The molecule has 108 valence electrons. The van der Waals surface area contributed by atoms with Crippen LogP contribution >= 0.6 is 0 Å². The predicted molar refractivity (Wildman–Crippen MR) is 71.9 cm³/mol. The van der Waals surface area contributed by atoms with Gasteiger partial charge in [0.2, 0.25) is 0 Å². The molecule has 2 saturated heterocycles. The molecule has 0 saturated carbocycles. The van der Waals surface area contributed by atoms with Gasteiger partial charge in [-0.1, -0.05) is 6.92 Å². The average molecular weight is 268 g/mol. The van der Waals surface area contributed by atoms with E-state index >= 15 is 0 Å². The largest absolute Gasteiger partial charge is 0.481 e.